The summed E-state index contributed by atoms with van der Waals surface area (Å²) in [6.07, 6.45) is 3.71. The normalized spacial score (nSPS) is 17.5. The first-order valence-corrected chi connectivity index (χ1v) is 7.68. The lowest BCUT2D eigenvalue weighted by atomic mass is 9.93. The molecule has 0 saturated carbocycles. The van der Waals surface area contributed by atoms with Gasteiger partial charge in [-0.15, -0.1) is 0 Å². The molecule has 1 aliphatic rings. The van der Waals surface area contributed by atoms with Crippen molar-refractivity contribution in [3.8, 4) is 0 Å². The number of rotatable bonds is 6. The molecule has 1 aromatic rings. The lowest BCUT2D eigenvalue weighted by Crippen LogP contribution is -2.33. The zero-order valence-electron chi connectivity index (χ0n) is 12.4. The van der Waals surface area contributed by atoms with Gasteiger partial charge < -0.3 is 5.73 Å². The summed E-state index contributed by atoms with van der Waals surface area (Å²) in [4.78, 5) is 2.59. The second-order valence-electron chi connectivity index (χ2n) is 6.31. The van der Waals surface area contributed by atoms with Crippen LogP contribution in [-0.2, 0) is 13.0 Å². The smallest absolute Gasteiger partial charge is 0.0236 e. The Bertz CT molecular complexity index is 387. The van der Waals surface area contributed by atoms with Crippen molar-refractivity contribution in [3.05, 3.63) is 35.4 Å². The highest BCUT2D eigenvalue weighted by molar-refractivity contribution is 5.28. The summed E-state index contributed by atoms with van der Waals surface area (Å²) >= 11 is 0. The quantitative estimate of drug-likeness (QED) is 0.852. The van der Waals surface area contributed by atoms with Crippen LogP contribution in [0.15, 0.2) is 24.3 Å². The van der Waals surface area contributed by atoms with Gasteiger partial charge in [0.25, 0.3) is 0 Å². The number of hydrogen-bond donors (Lipinski definition) is 1. The third kappa shape index (κ3) is 4.32. The minimum Gasteiger partial charge on any atom is -0.330 e. The van der Waals surface area contributed by atoms with E-state index in [1.165, 1.54) is 43.5 Å². The van der Waals surface area contributed by atoms with E-state index in [1.807, 2.05) is 0 Å². The van der Waals surface area contributed by atoms with Crippen LogP contribution in [0, 0.1) is 11.8 Å². The van der Waals surface area contributed by atoms with E-state index in [0.717, 1.165) is 19.0 Å². The second kappa shape index (κ2) is 7.06. The number of fused-ring (bicyclic) bond motifs is 1. The molecule has 2 heteroatoms. The lowest BCUT2D eigenvalue weighted by molar-refractivity contribution is 0.227. The van der Waals surface area contributed by atoms with Crippen LogP contribution in [0.5, 0.6) is 0 Å². The molecule has 2 rings (SSSR count). The van der Waals surface area contributed by atoms with Gasteiger partial charge >= 0.3 is 0 Å². The van der Waals surface area contributed by atoms with Crippen LogP contribution in [0.1, 0.15) is 37.8 Å². The Balaban J connectivity index is 1.82. The van der Waals surface area contributed by atoms with Crippen molar-refractivity contribution < 1.29 is 0 Å². The minimum absolute atomic E-state index is 0.692. The Morgan fingerprint density at radius 1 is 1.21 bits per heavy atom. The first-order valence-electron chi connectivity index (χ1n) is 7.68. The average Bonchev–Trinajstić information content (AvgIpc) is 2.42. The predicted molar refractivity (Wildman–Crippen MR) is 82.0 cm³/mol. The highest BCUT2D eigenvalue weighted by Crippen LogP contribution is 2.20. The fourth-order valence-electron chi connectivity index (χ4n) is 3.11. The fraction of sp³-hybridized carbons (Fsp3) is 0.647. The Morgan fingerprint density at radius 3 is 2.63 bits per heavy atom. The van der Waals surface area contributed by atoms with Gasteiger partial charge in [0.1, 0.15) is 0 Å². The van der Waals surface area contributed by atoms with Crippen LogP contribution in [0.3, 0.4) is 0 Å². The van der Waals surface area contributed by atoms with Gasteiger partial charge in [0.2, 0.25) is 0 Å². The number of benzene rings is 1. The molecule has 0 radical (unpaired) electrons. The molecule has 1 aliphatic heterocycles. The van der Waals surface area contributed by atoms with Gasteiger partial charge in [-0.25, -0.2) is 0 Å². The third-order valence-corrected chi connectivity index (χ3v) is 4.20. The SMILES string of the molecule is CC(C)CC(CN)CCN1CCc2ccccc2C1. The van der Waals surface area contributed by atoms with Gasteiger partial charge in [0.15, 0.2) is 0 Å². The van der Waals surface area contributed by atoms with Gasteiger partial charge in [-0.2, -0.15) is 0 Å². The van der Waals surface area contributed by atoms with E-state index in [9.17, 15) is 0 Å². The first-order chi connectivity index (χ1) is 9.19. The van der Waals surface area contributed by atoms with Crippen LogP contribution in [-0.4, -0.2) is 24.5 Å². The van der Waals surface area contributed by atoms with Gasteiger partial charge in [-0.05, 0) is 55.3 Å². The molecule has 0 fully saturated rings. The summed E-state index contributed by atoms with van der Waals surface area (Å²) in [5.41, 5.74) is 8.95. The monoisotopic (exact) mass is 260 g/mol. The Kier molecular flexibility index (Phi) is 5.41. The summed E-state index contributed by atoms with van der Waals surface area (Å²) in [7, 11) is 0. The first kappa shape index (κ1) is 14.5. The van der Waals surface area contributed by atoms with Gasteiger partial charge in [-0.3, -0.25) is 4.90 Å². The summed E-state index contributed by atoms with van der Waals surface area (Å²) in [5.74, 6) is 1.45. The molecular weight excluding hydrogens is 232 g/mol. The van der Waals surface area contributed by atoms with Crippen molar-refractivity contribution in [3.63, 3.8) is 0 Å². The van der Waals surface area contributed by atoms with Crippen molar-refractivity contribution >= 4 is 0 Å². The Morgan fingerprint density at radius 2 is 1.95 bits per heavy atom. The van der Waals surface area contributed by atoms with Crippen molar-refractivity contribution in [2.24, 2.45) is 17.6 Å². The largest absolute Gasteiger partial charge is 0.330 e. The highest BCUT2D eigenvalue weighted by Gasteiger charge is 2.17. The van der Waals surface area contributed by atoms with Gasteiger partial charge in [0.05, 0.1) is 0 Å². The maximum atomic E-state index is 5.89. The molecule has 1 aromatic carbocycles. The molecule has 0 saturated heterocycles. The van der Waals surface area contributed by atoms with Crippen LogP contribution >= 0.6 is 0 Å². The van der Waals surface area contributed by atoms with Crippen LogP contribution < -0.4 is 5.73 Å². The summed E-state index contributed by atoms with van der Waals surface area (Å²) < 4.78 is 0. The Hall–Kier alpha value is -0.860. The number of hydrogen-bond acceptors (Lipinski definition) is 2. The molecule has 2 N–H and O–H groups in total. The topological polar surface area (TPSA) is 29.3 Å². The molecule has 1 atom stereocenters. The van der Waals surface area contributed by atoms with Crippen molar-refractivity contribution in [2.45, 2.75) is 39.7 Å². The highest BCUT2D eigenvalue weighted by atomic mass is 15.1. The molecule has 19 heavy (non-hydrogen) atoms. The van der Waals surface area contributed by atoms with E-state index >= 15 is 0 Å². The van der Waals surface area contributed by atoms with Crippen LogP contribution in [0.4, 0.5) is 0 Å². The van der Waals surface area contributed by atoms with Gasteiger partial charge in [-0.1, -0.05) is 38.1 Å². The zero-order chi connectivity index (χ0) is 13.7. The van der Waals surface area contributed by atoms with Crippen LogP contribution in [0.2, 0.25) is 0 Å². The Labute approximate surface area is 118 Å². The minimum atomic E-state index is 0.692. The summed E-state index contributed by atoms with van der Waals surface area (Å²) in [6, 6.07) is 8.86. The fourth-order valence-corrected chi connectivity index (χ4v) is 3.11. The van der Waals surface area contributed by atoms with Gasteiger partial charge in [0, 0.05) is 13.1 Å². The molecule has 0 aliphatic carbocycles. The van der Waals surface area contributed by atoms with Crippen molar-refractivity contribution in [2.75, 3.05) is 19.6 Å². The average molecular weight is 260 g/mol. The van der Waals surface area contributed by atoms with E-state index in [2.05, 4.69) is 43.0 Å². The molecule has 0 aromatic heterocycles. The lowest BCUT2D eigenvalue weighted by Gasteiger charge is -2.30. The maximum absolute atomic E-state index is 5.89. The number of nitrogens with two attached hydrogens (primary N) is 1. The van der Waals surface area contributed by atoms with E-state index < -0.39 is 0 Å². The van der Waals surface area contributed by atoms with E-state index in [4.69, 9.17) is 5.73 Å². The van der Waals surface area contributed by atoms with E-state index in [-0.39, 0.29) is 0 Å². The molecule has 1 unspecified atom stereocenters. The number of nitrogens with zero attached hydrogens (tertiary/aromatic N) is 1. The molecule has 2 nitrogen and oxygen atoms in total. The molecular formula is C17H28N2. The standard InChI is InChI=1S/C17H28N2/c1-14(2)11-15(12-18)7-9-19-10-8-16-5-3-4-6-17(16)13-19/h3-6,14-15H,7-13,18H2,1-2H3. The predicted octanol–water partition coefficient (Wildman–Crippen LogP) is 3.06. The summed E-state index contributed by atoms with van der Waals surface area (Å²) in [6.45, 7) is 8.94. The molecule has 106 valence electrons. The van der Waals surface area contributed by atoms with Crippen molar-refractivity contribution in [1.29, 1.82) is 0 Å². The summed E-state index contributed by atoms with van der Waals surface area (Å²) in [5, 5.41) is 0. The third-order valence-electron chi connectivity index (χ3n) is 4.20. The second-order valence-corrected chi connectivity index (χ2v) is 6.31. The van der Waals surface area contributed by atoms with Crippen molar-refractivity contribution in [1.82, 2.24) is 4.90 Å². The maximum Gasteiger partial charge on any atom is 0.0236 e. The zero-order valence-corrected chi connectivity index (χ0v) is 12.4. The molecule has 0 spiro atoms. The van der Waals surface area contributed by atoms with Crippen LogP contribution in [0.25, 0.3) is 0 Å². The molecule has 0 bridgehead atoms. The molecule has 0 amide bonds. The van der Waals surface area contributed by atoms with E-state index in [1.54, 1.807) is 0 Å². The molecule has 1 heterocycles. The van der Waals surface area contributed by atoms with E-state index in [0.29, 0.717) is 5.92 Å².